The molecule has 0 atom stereocenters. The Morgan fingerprint density at radius 2 is 1.05 bits per heavy atom. The van der Waals surface area contributed by atoms with Gasteiger partial charge < -0.3 is 4.74 Å². The first-order valence-electron chi connectivity index (χ1n) is 15.4. The average molecular weight is 661 g/mol. The van der Waals surface area contributed by atoms with Gasteiger partial charge in [0.25, 0.3) is 0 Å². The number of ether oxygens (including phenoxy) is 1. The fourth-order valence-electron chi connectivity index (χ4n) is 7.89. The van der Waals surface area contributed by atoms with Gasteiger partial charge in [0, 0.05) is 11.6 Å². The molecule has 3 fully saturated rings. The molecule has 0 radical (unpaired) electrons. The molecular weight excluding hydrogens is 622 g/mol. The van der Waals surface area contributed by atoms with Gasteiger partial charge in [-0.2, -0.15) is 8.78 Å². The summed E-state index contributed by atoms with van der Waals surface area (Å²) in [5.74, 6) is -4.89. The molecule has 0 N–H and O–H groups in total. The van der Waals surface area contributed by atoms with Gasteiger partial charge in [-0.05, 0) is 124 Å². The molecule has 0 aliphatic heterocycles. The second kappa shape index (κ2) is 11.3. The molecular formula is C32H38F10OS. The molecule has 5 rings (SSSR count). The van der Waals surface area contributed by atoms with E-state index in [1.165, 1.54) is 38.5 Å². The van der Waals surface area contributed by atoms with Crippen LogP contribution in [-0.2, 0) is 0 Å². The minimum atomic E-state index is -10.7. The maximum Gasteiger partial charge on any atom is 0.400 e. The zero-order valence-corrected chi connectivity index (χ0v) is 25.2. The SMILES string of the molecule is CC1CCC(C2CCC(C3CCC(C(F)(F)Oc4ccc(-c5cc(F)c(S(F)(F)(F)(F)F)c(F)c5)c(F)c4)CC3)CC2)CC1. The first-order valence-corrected chi connectivity index (χ1v) is 17.4. The lowest BCUT2D eigenvalue weighted by molar-refractivity contribution is -0.224. The van der Waals surface area contributed by atoms with Crippen LogP contribution in [0.15, 0.2) is 35.2 Å². The third-order valence-electron chi connectivity index (χ3n) is 10.3. The second-order valence-corrected chi connectivity index (χ2v) is 15.7. The Hall–Kier alpha value is -2.11. The largest absolute Gasteiger partial charge is 0.432 e. The Balaban J connectivity index is 1.17. The lowest BCUT2D eigenvalue weighted by Crippen LogP contribution is -2.38. The van der Waals surface area contributed by atoms with Crippen LogP contribution in [0.2, 0.25) is 0 Å². The van der Waals surface area contributed by atoms with Gasteiger partial charge in [-0.1, -0.05) is 39.2 Å². The Bertz CT molecular complexity index is 1320. The molecule has 0 bridgehead atoms. The van der Waals surface area contributed by atoms with E-state index in [2.05, 4.69) is 6.92 Å². The molecule has 3 aliphatic carbocycles. The van der Waals surface area contributed by atoms with E-state index < -0.39 is 61.5 Å². The van der Waals surface area contributed by atoms with Crippen molar-refractivity contribution in [3.8, 4) is 16.9 Å². The van der Waals surface area contributed by atoms with Crippen molar-refractivity contribution in [2.45, 2.75) is 95.0 Å². The van der Waals surface area contributed by atoms with Crippen LogP contribution in [0.1, 0.15) is 84.0 Å². The van der Waals surface area contributed by atoms with Gasteiger partial charge in [0.2, 0.25) is 0 Å². The van der Waals surface area contributed by atoms with Gasteiger partial charge in [-0.3, -0.25) is 0 Å². The molecule has 44 heavy (non-hydrogen) atoms. The lowest BCUT2D eigenvalue weighted by Gasteiger charge is -2.41. The van der Waals surface area contributed by atoms with Crippen molar-refractivity contribution in [1.29, 1.82) is 0 Å². The third-order valence-corrected chi connectivity index (χ3v) is 11.5. The van der Waals surface area contributed by atoms with Crippen molar-refractivity contribution in [2.75, 3.05) is 0 Å². The molecule has 0 saturated heterocycles. The van der Waals surface area contributed by atoms with E-state index >= 15 is 8.78 Å². The molecule has 0 spiro atoms. The fraction of sp³-hybridized carbons (Fsp3) is 0.625. The summed E-state index contributed by atoms with van der Waals surface area (Å²) in [6, 6.07) is 2.04. The molecule has 3 saturated carbocycles. The van der Waals surface area contributed by atoms with Crippen molar-refractivity contribution in [3.05, 3.63) is 47.8 Å². The summed E-state index contributed by atoms with van der Waals surface area (Å²) < 4.78 is 143. The molecule has 2 aromatic rings. The molecule has 12 heteroatoms. The van der Waals surface area contributed by atoms with Crippen LogP contribution in [0.4, 0.5) is 41.4 Å². The predicted octanol–water partition coefficient (Wildman–Crippen LogP) is 12.8. The van der Waals surface area contributed by atoms with Crippen LogP contribution in [-0.4, -0.2) is 6.11 Å². The highest BCUT2D eigenvalue weighted by molar-refractivity contribution is 8.45. The zero-order chi connectivity index (χ0) is 32.1. The third kappa shape index (κ3) is 7.47. The van der Waals surface area contributed by atoms with Crippen LogP contribution in [0.25, 0.3) is 11.1 Å². The monoisotopic (exact) mass is 660 g/mol. The molecule has 0 unspecified atom stereocenters. The highest BCUT2D eigenvalue weighted by Crippen LogP contribution is 3.02. The van der Waals surface area contributed by atoms with Gasteiger partial charge in [-0.15, -0.1) is 0 Å². The van der Waals surface area contributed by atoms with Crippen LogP contribution in [0.5, 0.6) is 5.75 Å². The van der Waals surface area contributed by atoms with E-state index in [4.69, 9.17) is 4.74 Å². The van der Waals surface area contributed by atoms with E-state index in [0.717, 1.165) is 42.7 Å². The van der Waals surface area contributed by atoms with E-state index in [-0.39, 0.29) is 25.0 Å². The van der Waals surface area contributed by atoms with Gasteiger partial charge >= 0.3 is 16.3 Å². The summed E-state index contributed by atoms with van der Waals surface area (Å²) in [5, 5.41) is 0. The van der Waals surface area contributed by atoms with Crippen LogP contribution in [0, 0.1) is 53.0 Å². The maximum atomic E-state index is 15.1. The summed E-state index contributed by atoms with van der Waals surface area (Å²) in [7, 11) is -10.7. The number of rotatable bonds is 7. The minimum absolute atomic E-state index is 0.0782. The topological polar surface area (TPSA) is 9.23 Å². The van der Waals surface area contributed by atoms with Crippen LogP contribution in [0.3, 0.4) is 0 Å². The van der Waals surface area contributed by atoms with Crippen molar-refractivity contribution in [3.63, 3.8) is 0 Å². The van der Waals surface area contributed by atoms with E-state index in [9.17, 15) is 32.6 Å². The summed E-state index contributed by atoms with van der Waals surface area (Å²) >= 11 is 0. The van der Waals surface area contributed by atoms with Crippen molar-refractivity contribution in [1.82, 2.24) is 0 Å². The molecule has 0 aromatic heterocycles. The van der Waals surface area contributed by atoms with E-state index in [1.54, 1.807) is 0 Å². The lowest BCUT2D eigenvalue weighted by atomic mass is 9.65. The van der Waals surface area contributed by atoms with Gasteiger partial charge in [-0.25, -0.2) is 13.2 Å². The Morgan fingerprint density at radius 3 is 1.48 bits per heavy atom. The van der Waals surface area contributed by atoms with Gasteiger partial charge in [0.05, 0.1) is 5.92 Å². The highest BCUT2D eigenvalue weighted by atomic mass is 32.5. The number of halogens is 10. The average Bonchev–Trinajstić information content (AvgIpc) is 2.91. The molecule has 0 heterocycles. The number of alkyl halides is 2. The summed E-state index contributed by atoms with van der Waals surface area (Å²) in [5.41, 5.74) is -1.50. The summed E-state index contributed by atoms with van der Waals surface area (Å²) in [6.45, 7) is 2.32. The van der Waals surface area contributed by atoms with Gasteiger partial charge in [0.1, 0.15) is 23.2 Å². The summed E-state index contributed by atoms with van der Waals surface area (Å²) in [4.78, 5) is -3.33. The molecule has 1 nitrogen and oxygen atoms in total. The maximum absolute atomic E-state index is 15.1. The quantitative estimate of drug-likeness (QED) is 0.269. The van der Waals surface area contributed by atoms with Crippen LogP contribution < -0.4 is 4.74 Å². The zero-order valence-electron chi connectivity index (χ0n) is 24.4. The predicted molar refractivity (Wildman–Crippen MR) is 151 cm³/mol. The molecule has 248 valence electrons. The normalized spacial score (nSPS) is 30.3. The molecule has 0 amide bonds. The van der Waals surface area contributed by atoms with E-state index in [0.29, 0.717) is 30.7 Å². The number of hydrogen-bond donors (Lipinski definition) is 0. The standard InChI is InChI=1S/C32H38F10OS/c1-19-2-4-20(5-3-19)21-6-8-22(9-7-21)23-10-12-25(13-11-23)32(36,37)43-26-14-15-27(28(33)18-26)24-16-29(34)31(30(35)17-24)44(38,39,40,41)42/h14-23,25H,2-13H2,1H3. The highest BCUT2D eigenvalue weighted by Gasteiger charge is 2.69. The first-order chi connectivity index (χ1) is 20.3. The second-order valence-electron chi connectivity index (χ2n) is 13.4. The smallest absolute Gasteiger partial charge is 0.400 e. The van der Waals surface area contributed by atoms with Crippen molar-refractivity contribution >= 4 is 10.2 Å². The Morgan fingerprint density at radius 1 is 0.614 bits per heavy atom. The first kappa shape index (κ1) is 33.3. The number of benzene rings is 2. The van der Waals surface area contributed by atoms with E-state index in [1.807, 2.05) is 0 Å². The molecule has 3 aliphatic rings. The summed E-state index contributed by atoms with van der Waals surface area (Å²) in [6.07, 6.45) is 8.13. The number of hydrogen-bond acceptors (Lipinski definition) is 1. The Kier molecular flexibility index (Phi) is 8.54. The van der Waals surface area contributed by atoms with Gasteiger partial charge in [0.15, 0.2) is 4.90 Å². The van der Waals surface area contributed by atoms with Crippen LogP contribution >= 0.6 is 10.2 Å². The fourth-order valence-corrected chi connectivity index (χ4v) is 8.74. The minimum Gasteiger partial charge on any atom is -0.432 e. The van der Waals surface area contributed by atoms with Crippen molar-refractivity contribution in [2.24, 2.45) is 35.5 Å². The Labute approximate surface area is 251 Å². The molecule has 2 aromatic carbocycles. The van der Waals surface area contributed by atoms with Crippen molar-refractivity contribution < 1.29 is 46.1 Å².